The largest absolute Gasteiger partial charge is 0.384 e. The molecule has 1 aromatic carbocycles. The highest BCUT2D eigenvalue weighted by molar-refractivity contribution is 5.13. The summed E-state index contributed by atoms with van der Waals surface area (Å²) in [4.78, 5) is 0. The van der Waals surface area contributed by atoms with E-state index in [9.17, 15) is 13.9 Å². The van der Waals surface area contributed by atoms with Crippen LogP contribution < -0.4 is 0 Å². The molecule has 18 heavy (non-hydrogen) atoms. The van der Waals surface area contributed by atoms with E-state index in [1.165, 1.54) is 0 Å². The maximum absolute atomic E-state index is 12.5. The van der Waals surface area contributed by atoms with Crippen molar-refractivity contribution in [3.63, 3.8) is 0 Å². The Balaban J connectivity index is 2.52. The molecule has 0 radical (unpaired) electrons. The summed E-state index contributed by atoms with van der Waals surface area (Å²) < 4.78 is 30.3. The molecule has 1 rings (SSSR count). The molecule has 0 aliphatic heterocycles. The summed E-state index contributed by atoms with van der Waals surface area (Å²) in [5.74, 6) is 0. The maximum atomic E-state index is 12.5. The lowest BCUT2D eigenvalue weighted by Crippen LogP contribution is -2.34. The van der Waals surface area contributed by atoms with E-state index in [4.69, 9.17) is 4.74 Å². The molecule has 0 unspecified atom stereocenters. The first-order valence-electron chi connectivity index (χ1n) is 5.87. The summed E-state index contributed by atoms with van der Waals surface area (Å²) in [5.41, 5.74) is 0.891. The molecule has 100 valence electrons. The van der Waals surface area contributed by atoms with Gasteiger partial charge in [0, 0.05) is 0 Å². The van der Waals surface area contributed by atoms with E-state index in [0.29, 0.717) is 12.8 Å². The Morgan fingerprint density at radius 3 is 2.50 bits per heavy atom. The standard InChI is InChI=1S/C14H18F2O2/c1-2-3-9-12(13(17)14(15)16)18-10-11-7-5-4-6-8-11/h2,4-8,12-14,17H,1,3,9-10H2/t12-,13-/m0/s1. The second kappa shape index (κ2) is 7.95. The second-order valence-electron chi connectivity index (χ2n) is 4.03. The van der Waals surface area contributed by atoms with Crippen LogP contribution >= 0.6 is 0 Å². The fourth-order valence-corrected chi connectivity index (χ4v) is 1.57. The van der Waals surface area contributed by atoms with Gasteiger partial charge in [-0.2, -0.15) is 0 Å². The first kappa shape index (κ1) is 14.8. The summed E-state index contributed by atoms with van der Waals surface area (Å²) in [6.07, 6.45) is -2.94. The van der Waals surface area contributed by atoms with Crippen molar-refractivity contribution in [3.05, 3.63) is 48.6 Å². The Hall–Kier alpha value is -1.26. The summed E-state index contributed by atoms with van der Waals surface area (Å²) in [6.45, 7) is 3.75. The molecule has 0 saturated carbocycles. The summed E-state index contributed by atoms with van der Waals surface area (Å²) >= 11 is 0. The van der Waals surface area contributed by atoms with Crippen molar-refractivity contribution in [1.29, 1.82) is 0 Å². The van der Waals surface area contributed by atoms with E-state index in [-0.39, 0.29) is 6.61 Å². The van der Waals surface area contributed by atoms with Gasteiger partial charge in [-0.1, -0.05) is 36.4 Å². The minimum Gasteiger partial charge on any atom is -0.384 e. The maximum Gasteiger partial charge on any atom is 0.266 e. The number of hydrogen-bond acceptors (Lipinski definition) is 2. The van der Waals surface area contributed by atoms with Crippen LogP contribution in [0.2, 0.25) is 0 Å². The molecule has 0 spiro atoms. The SMILES string of the molecule is C=CCC[C@H](OCc1ccccc1)[C@H](O)C(F)F. The van der Waals surface area contributed by atoms with Gasteiger partial charge >= 0.3 is 0 Å². The fourth-order valence-electron chi connectivity index (χ4n) is 1.57. The van der Waals surface area contributed by atoms with Crippen LogP contribution in [0, 0.1) is 0 Å². The van der Waals surface area contributed by atoms with Gasteiger partial charge in [-0.3, -0.25) is 0 Å². The monoisotopic (exact) mass is 256 g/mol. The number of allylic oxidation sites excluding steroid dienone is 1. The van der Waals surface area contributed by atoms with Crippen LogP contribution in [0.25, 0.3) is 0 Å². The normalized spacial score (nSPS) is 14.4. The number of rotatable bonds is 8. The molecule has 0 bridgehead atoms. The van der Waals surface area contributed by atoms with Crippen molar-refractivity contribution >= 4 is 0 Å². The molecule has 2 atom stereocenters. The topological polar surface area (TPSA) is 29.5 Å². The Labute approximate surface area is 106 Å². The quantitative estimate of drug-likeness (QED) is 0.724. The fraction of sp³-hybridized carbons (Fsp3) is 0.429. The average molecular weight is 256 g/mol. The Morgan fingerprint density at radius 1 is 1.28 bits per heavy atom. The third-order valence-electron chi connectivity index (χ3n) is 2.60. The third kappa shape index (κ3) is 4.94. The van der Waals surface area contributed by atoms with Gasteiger partial charge in [-0.25, -0.2) is 8.78 Å². The zero-order chi connectivity index (χ0) is 13.4. The van der Waals surface area contributed by atoms with E-state index < -0.39 is 18.6 Å². The lowest BCUT2D eigenvalue weighted by molar-refractivity contribution is -0.110. The third-order valence-corrected chi connectivity index (χ3v) is 2.60. The van der Waals surface area contributed by atoms with Crippen LogP contribution in [0.1, 0.15) is 18.4 Å². The van der Waals surface area contributed by atoms with Crippen molar-refractivity contribution in [2.24, 2.45) is 0 Å². The smallest absolute Gasteiger partial charge is 0.266 e. The molecule has 0 heterocycles. The molecular formula is C14H18F2O2. The molecule has 0 amide bonds. The minimum atomic E-state index is -2.80. The molecule has 0 saturated heterocycles. The summed E-state index contributed by atoms with van der Waals surface area (Å²) in [6, 6.07) is 9.26. The van der Waals surface area contributed by atoms with Gasteiger partial charge < -0.3 is 9.84 Å². The summed E-state index contributed by atoms with van der Waals surface area (Å²) in [5, 5.41) is 9.38. The predicted molar refractivity (Wildman–Crippen MR) is 66.5 cm³/mol. The van der Waals surface area contributed by atoms with Gasteiger partial charge in [0.15, 0.2) is 0 Å². The molecule has 4 heteroatoms. The highest BCUT2D eigenvalue weighted by atomic mass is 19.3. The Bertz CT molecular complexity index is 341. The van der Waals surface area contributed by atoms with Crippen LogP contribution in [0.3, 0.4) is 0 Å². The first-order valence-corrected chi connectivity index (χ1v) is 5.87. The average Bonchev–Trinajstić information content (AvgIpc) is 2.39. The molecule has 1 N–H and O–H groups in total. The summed E-state index contributed by atoms with van der Waals surface area (Å²) in [7, 11) is 0. The van der Waals surface area contributed by atoms with Crippen LogP contribution in [0.5, 0.6) is 0 Å². The van der Waals surface area contributed by atoms with Crippen LogP contribution in [0.4, 0.5) is 8.78 Å². The Morgan fingerprint density at radius 2 is 1.94 bits per heavy atom. The van der Waals surface area contributed by atoms with E-state index >= 15 is 0 Å². The number of alkyl halides is 2. The molecular weight excluding hydrogens is 238 g/mol. The highest BCUT2D eigenvalue weighted by Crippen LogP contribution is 2.16. The molecule has 1 aromatic rings. The van der Waals surface area contributed by atoms with Crippen molar-refractivity contribution in [3.8, 4) is 0 Å². The van der Waals surface area contributed by atoms with Crippen LogP contribution in [0.15, 0.2) is 43.0 Å². The van der Waals surface area contributed by atoms with E-state index in [2.05, 4.69) is 6.58 Å². The zero-order valence-electron chi connectivity index (χ0n) is 10.1. The predicted octanol–water partition coefficient (Wildman–Crippen LogP) is 3.16. The number of aliphatic hydroxyl groups is 1. The van der Waals surface area contributed by atoms with Crippen LogP contribution in [-0.2, 0) is 11.3 Å². The van der Waals surface area contributed by atoms with Crippen molar-refractivity contribution in [2.45, 2.75) is 38.1 Å². The number of hydrogen-bond donors (Lipinski definition) is 1. The van der Waals surface area contributed by atoms with Gasteiger partial charge in [-0.15, -0.1) is 6.58 Å². The van der Waals surface area contributed by atoms with Gasteiger partial charge in [0.1, 0.15) is 6.10 Å². The lowest BCUT2D eigenvalue weighted by atomic mass is 10.1. The zero-order valence-corrected chi connectivity index (χ0v) is 10.1. The van der Waals surface area contributed by atoms with Crippen molar-refractivity contribution < 1.29 is 18.6 Å². The minimum absolute atomic E-state index is 0.215. The molecule has 0 fully saturated rings. The van der Waals surface area contributed by atoms with Gasteiger partial charge in [0.2, 0.25) is 0 Å². The van der Waals surface area contributed by atoms with E-state index in [1.54, 1.807) is 6.08 Å². The van der Waals surface area contributed by atoms with Crippen molar-refractivity contribution in [1.82, 2.24) is 0 Å². The van der Waals surface area contributed by atoms with Crippen LogP contribution in [-0.4, -0.2) is 23.7 Å². The second-order valence-corrected chi connectivity index (χ2v) is 4.03. The number of ether oxygens (including phenoxy) is 1. The number of benzene rings is 1. The van der Waals surface area contributed by atoms with Gasteiger partial charge in [0.25, 0.3) is 6.43 Å². The van der Waals surface area contributed by atoms with E-state index in [1.807, 2.05) is 30.3 Å². The van der Waals surface area contributed by atoms with Gasteiger partial charge in [-0.05, 0) is 18.4 Å². The van der Waals surface area contributed by atoms with Crippen molar-refractivity contribution in [2.75, 3.05) is 0 Å². The number of aliphatic hydroxyl groups excluding tert-OH is 1. The first-order chi connectivity index (χ1) is 8.65. The molecule has 0 aliphatic rings. The van der Waals surface area contributed by atoms with E-state index in [0.717, 1.165) is 5.56 Å². The molecule has 2 nitrogen and oxygen atoms in total. The van der Waals surface area contributed by atoms with Gasteiger partial charge in [0.05, 0.1) is 12.7 Å². The molecule has 0 aliphatic carbocycles. The highest BCUT2D eigenvalue weighted by Gasteiger charge is 2.27. The lowest BCUT2D eigenvalue weighted by Gasteiger charge is -2.22. The number of halogens is 2. The molecule has 0 aromatic heterocycles. The Kier molecular flexibility index (Phi) is 6.54.